The summed E-state index contributed by atoms with van der Waals surface area (Å²) in [6.45, 7) is 6.16. The summed E-state index contributed by atoms with van der Waals surface area (Å²) in [4.78, 5) is 2.53. The molecule has 1 fully saturated rings. The van der Waals surface area contributed by atoms with E-state index in [9.17, 15) is 0 Å². The Hall–Kier alpha value is -3.32. The van der Waals surface area contributed by atoms with Crippen molar-refractivity contribution in [3.8, 4) is 11.5 Å². The van der Waals surface area contributed by atoms with E-state index in [0.717, 1.165) is 56.0 Å². The highest BCUT2D eigenvalue weighted by atomic mass is 16.5. The molecule has 7 nitrogen and oxygen atoms in total. The Labute approximate surface area is 199 Å². The van der Waals surface area contributed by atoms with Crippen LogP contribution in [0, 0.1) is 10.8 Å². The minimum Gasteiger partial charge on any atom is -0.493 e. The lowest BCUT2D eigenvalue weighted by Gasteiger charge is -2.32. The largest absolute Gasteiger partial charge is 0.493 e. The fraction of sp³-hybridized carbons (Fsp3) is 0.407. The quantitative estimate of drug-likeness (QED) is 0.281. The van der Waals surface area contributed by atoms with Crippen molar-refractivity contribution in [3.05, 3.63) is 59.4 Å². The van der Waals surface area contributed by atoms with Crippen molar-refractivity contribution in [3.63, 3.8) is 0 Å². The minimum absolute atomic E-state index is 0.0488. The second kappa shape index (κ2) is 9.89. The van der Waals surface area contributed by atoms with E-state index in [2.05, 4.69) is 23.1 Å². The first kappa shape index (κ1) is 22.5. The number of nitrogens with zero attached hydrogens (tertiary/aromatic N) is 1. The molecule has 0 bridgehead atoms. The van der Waals surface area contributed by atoms with Gasteiger partial charge in [0, 0.05) is 26.0 Å². The molecule has 1 aromatic heterocycles. The van der Waals surface area contributed by atoms with Crippen molar-refractivity contribution in [1.82, 2.24) is 4.90 Å². The summed E-state index contributed by atoms with van der Waals surface area (Å²) in [5, 5.41) is 16.1. The van der Waals surface area contributed by atoms with Gasteiger partial charge in [-0.25, -0.2) is 0 Å². The number of piperidine rings is 1. The highest BCUT2D eigenvalue weighted by molar-refractivity contribution is 6.00. The Balaban J connectivity index is 1.09. The van der Waals surface area contributed by atoms with E-state index in [1.165, 1.54) is 30.9 Å². The third-order valence-electron chi connectivity index (χ3n) is 6.66. The van der Waals surface area contributed by atoms with E-state index < -0.39 is 0 Å². The van der Waals surface area contributed by atoms with Crippen molar-refractivity contribution >= 4 is 22.8 Å². The summed E-state index contributed by atoms with van der Waals surface area (Å²) >= 11 is 0. The molecule has 178 valence electrons. The molecule has 2 aliphatic rings. The van der Waals surface area contributed by atoms with Crippen LogP contribution in [0.1, 0.15) is 49.0 Å². The Kier molecular flexibility index (Phi) is 6.54. The van der Waals surface area contributed by atoms with Crippen LogP contribution in [0.15, 0.2) is 46.9 Å². The van der Waals surface area contributed by atoms with Crippen molar-refractivity contribution in [2.45, 2.75) is 38.5 Å². The Morgan fingerprint density at radius 2 is 1.97 bits per heavy atom. The van der Waals surface area contributed by atoms with Crippen molar-refractivity contribution in [2.24, 2.45) is 0 Å². The molecule has 0 saturated carbocycles. The molecule has 34 heavy (non-hydrogen) atoms. The molecule has 0 atom stereocenters. The molecular formula is C27H31N3O4. The number of nitrogens with one attached hydrogen (secondary N) is 2. The van der Waals surface area contributed by atoms with Gasteiger partial charge >= 0.3 is 0 Å². The van der Waals surface area contributed by atoms with E-state index in [4.69, 9.17) is 29.4 Å². The predicted octanol–water partition coefficient (Wildman–Crippen LogP) is 5.36. The second-order valence-electron chi connectivity index (χ2n) is 9.05. The lowest BCUT2D eigenvalue weighted by atomic mass is 9.88. The SMILES string of the molecule is CC(=N)OC(=N)c1cc2c(OCCCN3CCC(c4ccc5c(c4)OCC5)CC3)cccc2o1. The lowest BCUT2D eigenvalue weighted by Crippen LogP contribution is -2.34. The molecule has 0 aliphatic carbocycles. The van der Waals surface area contributed by atoms with Crippen molar-refractivity contribution in [2.75, 3.05) is 32.8 Å². The number of ether oxygens (including phenoxy) is 3. The molecular weight excluding hydrogens is 430 g/mol. The molecule has 2 aliphatic heterocycles. The maximum absolute atomic E-state index is 7.94. The average Bonchev–Trinajstić information content (AvgIpc) is 3.49. The standard InChI is InChI=1S/C27H31N3O4/c1-18(28)33-27(29)26-17-22-23(4-2-5-24(22)34-26)31-14-3-11-30-12-8-19(9-13-30)21-7-6-20-10-15-32-25(20)16-21/h2,4-7,16-17,19,28-29H,3,8-15H2,1H3. The zero-order valence-corrected chi connectivity index (χ0v) is 19.6. The normalized spacial score (nSPS) is 16.3. The van der Waals surface area contributed by atoms with Crippen LogP contribution in [-0.4, -0.2) is 49.5 Å². The zero-order valence-electron chi connectivity index (χ0n) is 19.6. The molecule has 0 spiro atoms. The van der Waals surface area contributed by atoms with Gasteiger partial charge in [0.05, 0.1) is 18.6 Å². The van der Waals surface area contributed by atoms with E-state index >= 15 is 0 Å². The van der Waals surface area contributed by atoms with Gasteiger partial charge in [-0.2, -0.15) is 0 Å². The van der Waals surface area contributed by atoms with Gasteiger partial charge in [0.25, 0.3) is 5.90 Å². The molecule has 3 aromatic rings. The first-order chi connectivity index (χ1) is 16.6. The molecule has 0 amide bonds. The van der Waals surface area contributed by atoms with E-state index in [-0.39, 0.29) is 17.6 Å². The van der Waals surface area contributed by atoms with Crippen LogP contribution >= 0.6 is 0 Å². The Morgan fingerprint density at radius 3 is 2.79 bits per heavy atom. The molecule has 1 saturated heterocycles. The van der Waals surface area contributed by atoms with Crippen LogP contribution in [0.5, 0.6) is 11.5 Å². The minimum atomic E-state index is -0.175. The van der Waals surface area contributed by atoms with E-state index in [1.54, 1.807) is 6.07 Å². The molecule has 7 heteroatoms. The number of hydrogen-bond donors (Lipinski definition) is 2. The van der Waals surface area contributed by atoms with Gasteiger partial charge in [-0.05, 0) is 67.6 Å². The van der Waals surface area contributed by atoms with Gasteiger partial charge in [0.15, 0.2) is 11.7 Å². The van der Waals surface area contributed by atoms with E-state index in [0.29, 0.717) is 18.1 Å². The number of fused-ring (bicyclic) bond motifs is 2. The maximum atomic E-state index is 7.94. The summed E-state index contributed by atoms with van der Waals surface area (Å²) in [7, 11) is 0. The van der Waals surface area contributed by atoms with Gasteiger partial charge in [-0.15, -0.1) is 0 Å². The monoisotopic (exact) mass is 461 g/mol. The summed E-state index contributed by atoms with van der Waals surface area (Å²) in [5.41, 5.74) is 3.41. The van der Waals surface area contributed by atoms with Crippen LogP contribution < -0.4 is 9.47 Å². The van der Waals surface area contributed by atoms with Gasteiger partial charge < -0.3 is 23.5 Å². The van der Waals surface area contributed by atoms with Crippen LogP contribution in [0.4, 0.5) is 0 Å². The van der Waals surface area contributed by atoms with Crippen LogP contribution in [0.3, 0.4) is 0 Å². The van der Waals surface area contributed by atoms with Crippen LogP contribution in [0.2, 0.25) is 0 Å². The zero-order chi connectivity index (χ0) is 23.5. The number of rotatable bonds is 7. The molecule has 0 unspecified atom stereocenters. The smallest absolute Gasteiger partial charge is 0.256 e. The summed E-state index contributed by atoms with van der Waals surface area (Å²) < 4.78 is 22.6. The molecule has 5 rings (SSSR count). The van der Waals surface area contributed by atoms with E-state index in [1.807, 2.05) is 18.2 Å². The van der Waals surface area contributed by atoms with Crippen molar-refractivity contribution in [1.29, 1.82) is 10.8 Å². The molecule has 2 N–H and O–H groups in total. The first-order valence-corrected chi connectivity index (χ1v) is 12.0. The topological polar surface area (TPSA) is 91.8 Å². The molecule has 0 radical (unpaired) electrons. The summed E-state index contributed by atoms with van der Waals surface area (Å²) in [6.07, 6.45) is 4.35. The van der Waals surface area contributed by atoms with Crippen molar-refractivity contribution < 1.29 is 18.6 Å². The third-order valence-corrected chi connectivity index (χ3v) is 6.66. The van der Waals surface area contributed by atoms with Gasteiger partial charge in [0.2, 0.25) is 0 Å². The first-order valence-electron chi connectivity index (χ1n) is 12.0. The molecule has 3 heterocycles. The number of benzene rings is 2. The van der Waals surface area contributed by atoms with Crippen LogP contribution in [0.25, 0.3) is 11.0 Å². The lowest BCUT2D eigenvalue weighted by molar-refractivity contribution is 0.193. The molecule has 2 aromatic carbocycles. The third kappa shape index (κ3) is 4.94. The Bertz CT molecular complexity index is 1190. The summed E-state index contributed by atoms with van der Waals surface area (Å²) in [6, 6.07) is 14.2. The predicted molar refractivity (Wildman–Crippen MR) is 132 cm³/mol. The average molecular weight is 462 g/mol. The summed E-state index contributed by atoms with van der Waals surface area (Å²) in [5.74, 6) is 2.51. The maximum Gasteiger partial charge on any atom is 0.256 e. The fourth-order valence-electron chi connectivity index (χ4n) is 4.87. The highest BCUT2D eigenvalue weighted by Gasteiger charge is 2.22. The second-order valence-corrected chi connectivity index (χ2v) is 9.05. The Morgan fingerprint density at radius 1 is 1.12 bits per heavy atom. The highest BCUT2D eigenvalue weighted by Crippen LogP contribution is 2.34. The van der Waals surface area contributed by atoms with Crippen LogP contribution in [-0.2, 0) is 11.2 Å². The van der Waals surface area contributed by atoms with Gasteiger partial charge in [0.1, 0.15) is 17.1 Å². The van der Waals surface area contributed by atoms with Gasteiger partial charge in [-0.1, -0.05) is 18.2 Å². The number of hydrogen-bond acceptors (Lipinski definition) is 7. The fourth-order valence-corrected chi connectivity index (χ4v) is 4.87. The number of furan rings is 1. The number of likely N-dealkylation sites (tertiary alicyclic amines) is 1. The van der Waals surface area contributed by atoms with Gasteiger partial charge in [-0.3, -0.25) is 10.8 Å².